The molecule has 0 amide bonds. The molecule has 1 aromatic heterocycles. The van der Waals surface area contributed by atoms with Crippen molar-refractivity contribution in [3.8, 4) is 0 Å². The zero-order valence-electron chi connectivity index (χ0n) is 7.08. The Hall–Kier alpha value is -1.10. The summed E-state index contributed by atoms with van der Waals surface area (Å²) in [6, 6.07) is 0. The van der Waals surface area contributed by atoms with Crippen LogP contribution < -0.4 is 0 Å². The number of aliphatic carboxylic acids is 1. The van der Waals surface area contributed by atoms with Gasteiger partial charge in [-0.2, -0.15) is 5.10 Å². The van der Waals surface area contributed by atoms with Crippen molar-refractivity contribution in [1.82, 2.24) is 9.78 Å². The Labute approximate surface area is 78.9 Å². The molecule has 6 heteroatoms. The highest BCUT2D eigenvalue weighted by Crippen LogP contribution is 2.27. The van der Waals surface area contributed by atoms with E-state index in [0.717, 1.165) is 4.68 Å². The van der Waals surface area contributed by atoms with Crippen molar-refractivity contribution >= 4 is 17.6 Å². The van der Waals surface area contributed by atoms with E-state index >= 15 is 0 Å². The summed E-state index contributed by atoms with van der Waals surface area (Å²) in [5.41, 5.74) is 0.301. The number of hydrogen-bond acceptors (Lipinski definition) is 2. The summed E-state index contributed by atoms with van der Waals surface area (Å²) in [5.74, 6) is -1.56. The smallest absolute Gasteiger partial charge is 0.344 e. The number of rotatable bonds is 2. The maximum atomic E-state index is 13.0. The van der Waals surface area contributed by atoms with E-state index in [1.54, 1.807) is 6.92 Å². The number of aryl methyl sites for hydroxylation is 2. The lowest BCUT2D eigenvalue weighted by Gasteiger charge is -2.03. The summed E-state index contributed by atoms with van der Waals surface area (Å²) >= 11 is 5.67. The zero-order valence-corrected chi connectivity index (χ0v) is 7.84. The minimum Gasteiger partial charge on any atom is -0.479 e. The number of halogens is 2. The molecule has 1 N–H and O–H groups in total. The number of hydrogen-bond donors (Lipinski definition) is 1. The average molecular weight is 207 g/mol. The standard InChI is InChI=1S/C7H8ClFN2O2/c1-3-4(8)6(11(2)10-3)5(9)7(12)13/h5H,1-2H3,(H,12,13). The van der Waals surface area contributed by atoms with Crippen LogP contribution in [0.25, 0.3) is 0 Å². The third-order valence-corrected chi connectivity index (χ3v) is 2.12. The third-order valence-electron chi connectivity index (χ3n) is 1.65. The van der Waals surface area contributed by atoms with Crippen molar-refractivity contribution in [2.45, 2.75) is 13.1 Å². The van der Waals surface area contributed by atoms with Gasteiger partial charge in [-0.3, -0.25) is 4.68 Å². The molecule has 0 saturated carbocycles. The van der Waals surface area contributed by atoms with Crippen molar-refractivity contribution in [3.63, 3.8) is 0 Å². The first kappa shape index (κ1) is 9.98. The van der Waals surface area contributed by atoms with Gasteiger partial charge in [0, 0.05) is 7.05 Å². The summed E-state index contributed by atoms with van der Waals surface area (Å²) in [6.07, 6.45) is -2.13. The monoisotopic (exact) mass is 206 g/mol. The van der Waals surface area contributed by atoms with Gasteiger partial charge >= 0.3 is 5.97 Å². The Kier molecular flexibility index (Phi) is 2.56. The van der Waals surface area contributed by atoms with Gasteiger partial charge in [0.05, 0.1) is 10.7 Å². The Bertz CT molecular complexity index is 351. The van der Waals surface area contributed by atoms with Crippen molar-refractivity contribution in [3.05, 3.63) is 16.4 Å². The van der Waals surface area contributed by atoms with Crippen LogP contribution in [0.4, 0.5) is 4.39 Å². The molecule has 13 heavy (non-hydrogen) atoms. The number of carboxylic acids is 1. The zero-order chi connectivity index (χ0) is 10.2. The molecule has 0 radical (unpaired) electrons. The van der Waals surface area contributed by atoms with E-state index in [1.165, 1.54) is 7.05 Å². The second-order valence-electron chi connectivity index (χ2n) is 2.61. The van der Waals surface area contributed by atoms with Crippen LogP contribution in [0.1, 0.15) is 17.6 Å². The highest BCUT2D eigenvalue weighted by Gasteiger charge is 2.26. The summed E-state index contributed by atoms with van der Waals surface area (Å²) in [5, 5.41) is 12.3. The highest BCUT2D eigenvalue weighted by atomic mass is 35.5. The van der Waals surface area contributed by atoms with Crippen molar-refractivity contribution in [2.75, 3.05) is 0 Å². The second-order valence-corrected chi connectivity index (χ2v) is 2.99. The summed E-state index contributed by atoms with van der Waals surface area (Å²) < 4.78 is 14.2. The van der Waals surface area contributed by atoms with E-state index in [2.05, 4.69) is 5.10 Å². The summed E-state index contributed by atoms with van der Waals surface area (Å²) in [4.78, 5) is 10.3. The van der Waals surface area contributed by atoms with Gasteiger partial charge < -0.3 is 5.11 Å². The van der Waals surface area contributed by atoms with Crippen LogP contribution in [0.3, 0.4) is 0 Å². The molecule has 0 spiro atoms. The van der Waals surface area contributed by atoms with E-state index in [-0.39, 0.29) is 10.7 Å². The molecule has 72 valence electrons. The summed E-state index contributed by atoms with van der Waals surface area (Å²) in [7, 11) is 1.45. The largest absolute Gasteiger partial charge is 0.479 e. The molecular weight excluding hydrogens is 199 g/mol. The lowest BCUT2D eigenvalue weighted by molar-refractivity contribution is -0.143. The van der Waals surface area contributed by atoms with Crippen LogP contribution in [0.15, 0.2) is 0 Å². The fraction of sp³-hybridized carbons (Fsp3) is 0.429. The van der Waals surface area contributed by atoms with Gasteiger partial charge in [0.1, 0.15) is 5.69 Å². The van der Waals surface area contributed by atoms with Crippen LogP contribution in [0.5, 0.6) is 0 Å². The lowest BCUT2D eigenvalue weighted by atomic mass is 10.2. The molecule has 1 unspecified atom stereocenters. The predicted octanol–water partition coefficient (Wildman–Crippen LogP) is 1.48. The fourth-order valence-electron chi connectivity index (χ4n) is 1.04. The number of carbonyl (C=O) groups is 1. The molecule has 1 rings (SSSR count). The normalized spacial score (nSPS) is 12.9. The second kappa shape index (κ2) is 3.33. The molecule has 4 nitrogen and oxygen atoms in total. The number of alkyl halides is 1. The minimum atomic E-state index is -2.13. The van der Waals surface area contributed by atoms with Gasteiger partial charge in [-0.05, 0) is 6.92 Å². The van der Waals surface area contributed by atoms with Crippen LogP contribution in [-0.4, -0.2) is 20.9 Å². The van der Waals surface area contributed by atoms with Gasteiger partial charge in [-0.1, -0.05) is 11.6 Å². The maximum absolute atomic E-state index is 13.0. The van der Waals surface area contributed by atoms with Crippen molar-refractivity contribution in [2.24, 2.45) is 7.05 Å². The minimum absolute atomic E-state index is 0.0670. The Morgan fingerprint density at radius 2 is 2.31 bits per heavy atom. The Morgan fingerprint density at radius 1 is 1.77 bits per heavy atom. The van der Waals surface area contributed by atoms with E-state index in [4.69, 9.17) is 16.7 Å². The quantitative estimate of drug-likeness (QED) is 0.798. The van der Waals surface area contributed by atoms with Crippen molar-refractivity contribution in [1.29, 1.82) is 0 Å². The Balaban J connectivity index is 3.20. The molecule has 1 atom stereocenters. The molecule has 1 heterocycles. The molecule has 0 aromatic carbocycles. The van der Waals surface area contributed by atoms with Crippen molar-refractivity contribution < 1.29 is 14.3 Å². The molecule has 0 bridgehead atoms. The predicted molar refractivity (Wildman–Crippen MR) is 44.4 cm³/mol. The first-order valence-corrected chi connectivity index (χ1v) is 3.88. The van der Waals surface area contributed by atoms with Crippen LogP contribution in [0, 0.1) is 6.92 Å². The fourth-order valence-corrected chi connectivity index (χ4v) is 1.30. The summed E-state index contributed by atoms with van der Waals surface area (Å²) in [6.45, 7) is 1.58. The topological polar surface area (TPSA) is 55.1 Å². The number of aromatic nitrogens is 2. The maximum Gasteiger partial charge on any atom is 0.344 e. The van der Waals surface area contributed by atoms with Gasteiger partial charge in [0.2, 0.25) is 6.17 Å². The number of carboxylic acid groups (broad SMARTS) is 1. The van der Waals surface area contributed by atoms with Crippen LogP contribution in [0.2, 0.25) is 5.02 Å². The van der Waals surface area contributed by atoms with Crippen LogP contribution >= 0.6 is 11.6 Å². The highest BCUT2D eigenvalue weighted by molar-refractivity contribution is 6.32. The van der Waals surface area contributed by atoms with Gasteiger partial charge in [-0.25, -0.2) is 9.18 Å². The van der Waals surface area contributed by atoms with Gasteiger partial charge in [-0.15, -0.1) is 0 Å². The molecule has 0 fully saturated rings. The molecule has 0 aliphatic carbocycles. The molecule has 0 saturated heterocycles. The van der Waals surface area contributed by atoms with Gasteiger partial charge in [0.25, 0.3) is 0 Å². The van der Waals surface area contributed by atoms with E-state index in [0.29, 0.717) is 5.69 Å². The molecule has 0 aliphatic rings. The first-order chi connectivity index (χ1) is 5.95. The molecule has 0 aliphatic heterocycles. The Morgan fingerprint density at radius 3 is 2.62 bits per heavy atom. The number of nitrogens with zero attached hydrogens (tertiary/aromatic N) is 2. The van der Waals surface area contributed by atoms with E-state index in [1.807, 2.05) is 0 Å². The van der Waals surface area contributed by atoms with Crippen LogP contribution in [-0.2, 0) is 11.8 Å². The molecular formula is C7H8ClFN2O2. The average Bonchev–Trinajstić information content (AvgIpc) is 2.26. The SMILES string of the molecule is Cc1nn(C)c(C(F)C(=O)O)c1Cl. The third kappa shape index (κ3) is 1.65. The lowest BCUT2D eigenvalue weighted by Crippen LogP contribution is -2.11. The first-order valence-electron chi connectivity index (χ1n) is 3.51. The van der Waals surface area contributed by atoms with E-state index < -0.39 is 12.1 Å². The molecule has 1 aromatic rings. The van der Waals surface area contributed by atoms with Gasteiger partial charge in [0.15, 0.2) is 0 Å². The van der Waals surface area contributed by atoms with E-state index in [9.17, 15) is 9.18 Å².